The fraction of sp³-hybridized carbons (Fsp3) is 0.565. The van der Waals surface area contributed by atoms with Crippen LogP contribution in [0, 0.1) is 5.92 Å². The molecule has 0 aliphatic heterocycles. The van der Waals surface area contributed by atoms with E-state index in [1.807, 2.05) is 74.5 Å². The second-order valence-electron chi connectivity index (χ2n) is 16.1. The molecule has 15 heteroatoms. The number of nitrogens with one attached hydrogen (secondary N) is 2. The van der Waals surface area contributed by atoms with Crippen LogP contribution in [0.25, 0.3) is 0 Å². The van der Waals surface area contributed by atoms with Crippen molar-refractivity contribution in [3.05, 3.63) is 84.4 Å². The summed E-state index contributed by atoms with van der Waals surface area (Å²) in [7, 11) is 0. The normalized spacial score (nSPS) is 12.4. The first-order valence-electron chi connectivity index (χ1n) is 21.6. The number of ether oxygens (including phenoxy) is 1. The fourth-order valence-electron chi connectivity index (χ4n) is 6.89. The molecule has 3 atom stereocenters. The topological polar surface area (TPSA) is 223 Å². The molecule has 0 fully saturated rings. The molecule has 2 aromatic rings. The summed E-state index contributed by atoms with van der Waals surface area (Å²) in [6.07, 6.45) is 5.84. The number of nitrogens with two attached hydrogens (primary N) is 3. The van der Waals surface area contributed by atoms with Gasteiger partial charge in [0, 0.05) is 44.6 Å². The van der Waals surface area contributed by atoms with Gasteiger partial charge in [-0.05, 0) is 75.6 Å². The van der Waals surface area contributed by atoms with E-state index in [0.29, 0.717) is 51.6 Å². The Morgan fingerprint density at radius 2 is 1.25 bits per heavy atom. The molecule has 0 heterocycles. The molecule has 8 N–H and O–H groups in total. The molecular formula is C46H72N8O7. The number of ketones is 1. The van der Waals surface area contributed by atoms with Crippen molar-refractivity contribution in [2.45, 2.75) is 103 Å². The largest absolute Gasteiger partial charge is 0.445 e. The lowest BCUT2D eigenvalue weighted by atomic mass is 10.0. The number of nitrogens with zero attached hydrogens (tertiary/aromatic N) is 3. The summed E-state index contributed by atoms with van der Waals surface area (Å²) in [5, 5.41) is 6.09. The highest BCUT2D eigenvalue weighted by Gasteiger charge is 2.28. The number of hydrogen-bond acceptors (Lipinski definition) is 10. The van der Waals surface area contributed by atoms with E-state index in [9.17, 15) is 28.8 Å². The summed E-state index contributed by atoms with van der Waals surface area (Å²) < 4.78 is 5.29. The SMILES string of the molecule is C=CCOC(=O)N(CC(=O)N[C@@H](Cc1ccccc1)CN(CC(=O)N[C@@H](CCCCN)CN(CC(C)=O)C(=O)CC(C)C)C(=O)CCc1ccccc1)C[C@@H](N)CCCCN. The number of carbonyl (C=O) groups is 6. The Bertz CT molecular complexity index is 1630. The number of benzene rings is 2. The smallest absolute Gasteiger partial charge is 0.410 e. The zero-order valence-electron chi connectivity index (χ0n) is 36.7. The Hall–Kier alpha value is -5.12. The number of carbonyl (C=O) groups excluding carboxylic acids is 6. The summed E-state index contributed by atoms with van der Waals surface area (Å²) in [5.41, 5.74) is 19.6. The molecule has 0 aromatic heterocycles. The minimum absolute atomic E-state index is 0.0254. The standard InChI is InChI=1S/C46H72N8O7/c1-5-26-61-46(60)54(30-39(49)20-12-14-24-47)34-43(57)51-41(28-38-18-10-7-11-19-38)32-53(44(58)23-22-37-16-8-6-9-17-37)33-42(56)50-40(21-13-15-25-48)31-52(29-36(4)55)45(59)27-35(2)3/h5-11,16-19,35,39-41H,1,12-15,20-34,47-49H2,2-4H3,(H,50,56)(H,51,57)/t39-,40-,41-/m0/s1. The van der Waals surface area contributed by atoms with Crippen molar-refractivity contribution in [1.29, 1.82) is 0 Å². The number of amides is 5. The van der Waals surface area contributed by atoms with Gasteiger partial charge in [-0.3, -0.25) is 28.9 Å². The Morgan fingerprint density at radius 3 is 1.82 bits per heavy atom. The van der Waals surface area contributed by atoms with Crippen LogP contribution in [0.4, 0.5) is 4.79 Å². The molecular weight excluding hydrogens is 777 g/mol. The molecule has 0 aliphatic rings. The Kier molecular flexibility index (Phi) is 25.6. The van der Waals surface area contributed by atoms with Gasteiger partial charge in [0.15, 0.2) is 0 Å². The van der Waals surface area contributed by atoms with Crippen molar-refractivity contribution in [3.8, 4) is 0 Å². The molecule has 2 rings (SSSR count). The van der Waals surface area contributed by atoms with Gasteiger partial charge in [0.05, 0.1) is 19.1 Å². The lowest BCUT2D eigenvalue weighted by Gasteiger charge is -2.31. The van der Waals surface area contributed by atoms with Gasteiger partial charge in [-0.1, -0.05) is 100 Å². The molecule has 61 heavy (non-hydrogen) atoms. The lowest BCUT2D eigenvalue weighted by Crippen LogP contribution is -2.54. The van der Waals surface area contributed by atoms with E-state index in [0.717, 1.165) is 24.0 Å². The lowest BCUT2D eigenvalue weighted by molar-refractivity contribution is -0.138. The minimum Gasteiger partial charge on any atom is -0.445 e. The highest BCUT2D eigenvalue weighted by atomic mass is 16.6. The molecule has 338 valence electrons. The van der Waals surface area contributed by atoms with E-state index in [4.69, 9.17) is 21.9 Å². The monoisotopic (exact) mass is 849 g/mol. The molecule has 0 unspecified atom stereocenters. The van der Waals surface area contributed by atoms with E-state index >= 15 is 0 Å². The van der Waals surface area contributed by atoms with E-state index in [-0.39, 0.29) is 82.2 Å². The number of unbranched alkanes of at least 4 members (excludes halogenated alkanes) is 2. The highest BCUT2D eigenvalue weighted by Crippen LogP contribution is 2.12. The van der Waals surface area contributed by atoms with Crippen LogP contribution < -0.4 is 27.8 Å². The van der Waals surface area contributed by atoms with Gasteiger partial charge in [0.25, 0.3) is 0 Å². The van der Waals surface area contributed by atoms with E-state index in [1.54, 1.807) is 0 Å². The van der Waals surface area contributed by atoms with Crippen LogP contribution in [0.1, 0.15) is 83.3 Å². The predicted molar refractivity (Wildman–Crippen MR) is 239 cm³/mol. The van der Waals surface area contributed by atoms with Crippen molar-refractivity contribution < 1.29 is 33.5 Å². The number of aryl methyl sites for hydroxylation is 1. The third-order valence-electron chi connectivity index (χ3n) is 9.85. The average molecular weight is 849 g/mol. The molecule has 0 saturated heterocycles. The molecule has 0 radical (unpaired) electrons. The molecule has 15 nitrogen and oxygen atoms in total. The first kappa shape index (κ1) is 52.0. The summed E-state index contributed by atoms with van der Waals surface area (Å²) in [6.45, 7) is 9.21. The van der Waals surface area contributed by atoms with Gasteiger partial charge in [-0.15, -0.1) is 0 Å². The maximum absolute atomic E-state index is 14.1. The van der Waals surface area contributed by atoms with Gasteiger partial charge in [0.2, 0.25) is 23.6 Å². The Morgan fingerprint density at radius 1 is 0.705 bits per heavy atom. The third kappa shape index (κ3) is 22.9. The van der Waals surface area contributed by atoms with Crippen LogP contribution in [-0.2, 0) is 41.6 Å². The zero-order chi connectivity index (χ0) is 45.0. The van der Waals surface area contributed by atoms with Gasteiger partial charge in [-0.25, -0.2) is 4.79 Å². The van der Waals surface area contributed by atoms with Crippen molar-refractivity contribution in [1.82, 2.24) is 25.3 Å². The molecule has 5 amide bonds. The van der Waals surface area contributed by atoms with E-state index in [2.05, 4.69) is 17.2 Å². The Labute approximate surface area is 363 Å². The van der Waals surface area contributed by atoms with Crippen molar-refractivity contribution >= 4 is 35.5 Å². The van der Waals surface area contributed by atoms with Crippen molar-refractivity contribution in [3.63, 3.8) is 0 Å². The fourth-order valence-corrected chi connectivity index (χ4v) is 6.89. The van der Waals surface area contributed by atoms with E-state index in [1.165, 1.54) is 27.7 Å². The molecule has 2 aromatic carbocycles. The van der Waals surface area contributed by atoms with E-state index < -0.39 is 36.0 Å². The summed E-state index contributed by atoms with van der Waals surface area (Å²) in [4.78, 5) is 84.7. The second-order valence-corrected chi connectivity index (χ2v) is 16.1. The van der Waals surface area contributed by atoms with Gasteiger partial charge in [0.1, 0.15) is 18.9 Å². The molecule has 0 bridgehead atoms. The van der Waals surface area contributed by atoms with Crippen LogP contribution in [0.3, 0.4) is 0 Å². The second kappa shape index (κ2) is 30.0. The number of hydrogen-bond donors (Lipinski definition) is 5. The highest BCUT2D eigenvalue weighted by molar-refractivity contribution is 5.86. The average Bonchev–Trinajstić information content (AvgIpc) is 3.21. The minimum atomic E-state index is -0.716. The number of rotatable bonds is 31. The zero-order valence-corrected chi connectivity index (χ0v) is 36.7. The predicted octanol–water partition coefficient (Wildman–Crippen LogP) is 3.33. The van der Waals surface area contributed by atoms with Gasteiger partial charge in [-0.2, -0.15) is 0 Å². The maximum Gasteiger partial charge on any atom is 0.410 e. The van der Waals surface area contributed by atoms with Crippen LogP contribution in [0.2, 0.25) is 0 Å². The summed E-state index contributed by atoms with van der Waals surface area (Å²) in [6, 6.07) is 17.4. The quantitative estimate of drug-likeness (QED) is 0.0550. The maximum atomic E-state index is 14.1. The molecule has 0 aliphatic carbocycles. The van der Waals surface area contributed by atoms with Crippen LogP contribution in [0.15, 0.2) is 73.3 Å². The first-order chi connectivity index (χ1) is 29.2. The van der Waals surface area contributed by atoms with Crippen LogP contribution in [0.5, 0.6) is 0 Å². The van der Waals surface area contributed by atoms with Crippen LogP contribution in [-0.4, -0.2) is 127 Å². The Balaban J connectivity index is 2.43. The third-order valence-corrected chi connectivity index (χ3v) is 9.85. The van der Waals surface area contributed by atoms with Crippen molar-refractivity contribution in [2.75, 3.05) is 59.0 Å². The molecule has 0 spiro atoms. The van der Waals surface area contributed by atoms with Crippen molar-refractivity contribution in [2.24, 2.45) is 23.1 Å². The number of Topliss-reactive ketones (excluding diaryl/α,β-unsaturated/α-hetero) is 1. The van der Waals surface area contributed by atoms with Gasteiger partial charge >= 0.3 is 6.09 Å². The molecule has 0 saturated carbocycles. The summed E-state index contributed by atoms with van der Waals surface area (Å²) >= 11 is 0. The van der Waals surface area contributed by atoms with Gasteiger partial charge < -0.3 is 42.4 Å². The van der Waals surface area contributed by atoms with Crippen LogP contribution >= 0.6 is 0 Å². The summed E-state index contributed by atoms with van der Waals surface area (Å²) in [5.74, 6) is -1.52. The first-order valence-corrected chi connectivity index (χ1v) is 21.6.